The van der Waals surface area contributed by atoms with Gasteiger partial charge in [0.25, 0.3) is 5.91 Å². The minimum atomic E-state index is -4.69. The van der Waals surface area contributed by atoms with E-state index in [1.807, 2.05) is 0 Å². The van der Waals surface area contributed by atoms with Gasteiger partial charge in [-0.05, 0) is 37.0 Å². The number of nitrogens with zero attached hydrogens (tertiary/aromatic N) is 2. The summed E-state index contributed by atoms with van der Waals surface area (Å²) in [6, 6.07) is 4.65. The molecule has 0 spiro atoms. The Hall–Kier alpha value is -3.15. The maximum Gasteiger partial charge on any atom is 0.433 e. The molecular formula is C21H24F3N5O3S. The van der Waals surface area contributed by atoms with Gasteiger partial charge in [0.2, 0.25) is 0 Å². The van der Waals surface area contributed by atoms with Crippen LogP contribution in [-0.2, 0) is 22.6 Å². The predicted molar refractivity (Wildman–Crippen MR) is 118 cm³/mol. The summed E-state index contributed by atoms with van der Waals surface area (Å²) in [5, 5.41) is 9.42. The molecular weight excluding hydrogens is 459 g/mol. The van der Waals surface area contributed by atoms with Crippen LogP contribution in [0.4, 0.5) is 24.8 Å². The fourth-order valence-electron chi connectivity index (χ4n) is 3.16. The molecule has 1 saturated carbocycles. The number of aromatic nitrogens is 2. The number of carbonyl (C=O) groups excluding carboxylic acids is 1. The van der Waals surface area contributed by atoms with E-state index in [0.29, 0.717) is 11.4 Å². The van der Waals surface area contributed by atoms with E-state index in [4.69, 9.17) is 0 Å². The smallest absolute Gasteiger partial charge is 0.373 e. The normalized spacial score (nSPS) is 15.3. The van der Waals surface area contributed by atoms with E-state index < -0.39 is 33.7 Å². The predicted octanol–water partition coefficient (Wildman–Crippen LogP) is 3.22. The van der Waals surface area contributed by atoms with Crippen LogP contribution in [0, 0.1) is 5.92 Å². The Bertz CT molecular complexity index is 1150. The number of alkyl halides is 3. The number of sulfone groups is 1. The summed E-state index contributed by atoms with van der Waals surface area (Å²) in [6.45, 7) is 0.0681. The van der Waals surface area contributed by atoms with Crippen LogP contribution in [0.3, 0.4) is 0 Å². The van der Waals surface area contributed by atoms with Gasteiger partial charge in [0.05, 0.1) is 11.6 Å². The quantitative estimate of drug-likeness (QED) is 0.502. The third-order valence-corrected chi connectivity index (χ3v) is 5.62. The van der Waals surface area contributed by atoms with Crippen LogP contribution in [0.15, 0.2) is 41.9 Å². The Morgan fingerprint density at radius 2 is 1.97 bits per heavy atom. The molecule has 3 N–H and O–H groups in total. The van der Waals surface area contributed by atoms with Crippen molar-refractivity contribution in [3.63, 3.8) is 0 Å². The van der Waals surface area contributed by atoms with Crippen LogP contribution in [0.5, 0.6) is 0 Å². The van der Waals surface area contributed by atoms with Gasteiger partial charge in [-0.3, -0.25) is 4.79 Å². The van der Waals surface area contributed by atoms with Crippen LogP contribution in [-0.4, -0.2) is 43.6 Å². The summed E-state index contributed by atoms with van der Waals surface area (Å²) in [5.41, 5.74) is -0.564. The number of amides is 1. The summed E-state index contributed by atoms with van der Waals surface area (Å²) >= 11 is 0. The maximum atomic E-state index is 13.2. The molecule has 8 nitrogen and oxygen atoms in total. The highest BCUT2D eigenvalue weighted by Crippen LogP contribution is 2.34. The molecule has 0 bridgehead atoms. The zero-order valence-electron chi connectivity index (χ0n) is 18.0. The molecule has 33 heavy (non-hydrogen) atoms. The number of rotatable bonds is 9. The van der Waals surface area contributed by atoms with Crippen molar-refractivity contribution in [3.05, 3.63) is 58.8 Å². The summed E-state index contributed by atoms with van der Waals surface area (Å²) < 4.78 is 62.6. The highest BCUT2D eigenvalue weighted by Gasteiger charge is 2.35. The van der Waals surface area contributed by atoms with Crippen molar-refractivity contribution in [2.75, 3.05) is 23.9 Å². The van der Waals surface area contributed by atoms with E-state index in [1.165, 1.54) is 6.08 Å². The Labute approximate surface area is 189 Å². The molecule has 12 heteroatoms. The molecule has 1 aliphatic carbocycles. The van der Waals surface area contributed by atoms with Crippen LogP contribution >= 0.6 is 0 Å². The minimum absolute atomic E-state index is 0.0681. The second-order valence-corrected chi connectivity index (χ2v) is 9.63. The van der Waals surface area contributed by atoms with Crippen LogP contribution in [0.25, 0.3) is 0 Å². The van der Waals surface area contributed by atoms with Gasteiger partial charge in [-0.15, -0.1) is 0 Å². The van der Waals surface area contributed by atoms with Crippen molar-refractivity contribution in [2.45, 2.75) is 31.6 Å². The number of anilines is 2. The van der Waals surface area contributed by atoms with Crippen molar-refractivity contribution < 1.29 is 26.4 Å². The van der Waals surface area contributed by atoms with Crippen molar-refractivity contribution in [1.82, 2.24) is 15.3 Å². The molecule has 3 rings (SSSR count). The second kappa shape index (κ2) is 9.77. The first-order valence-corrected chi connectivity index (χ1v) is 12.1. The summed E-state index contributed by atoms with van der Waals surface area (Å²) in [4.78, 5) is 20.7. The van der Waals surface area contributed by atoms with E-state index in [1.54, 1.807) is 25.4 Å². The lowest BCUT2D eigenvalue weighted by Crippen LogP contribution is -2.35. The van der Waals surface area contributed by atoms with Gasteiger partial charge in [-0.1, -0.05) is 12.1 Å². The first kappa shape index (κ1) is 24.5. The average molecular weight is 484 g/mol. The minimum Gasteiger partial charge on any atom is -0.373 e. The summed E-state index contributed by atoms with van der Waals surface area (Å²) in [7, 11) is -1.73. The lowest BCUT2D eigenvalue weighted by atomic mass is 10.1. The maximum absolute atomic E-state index is 13.2. The van der Waals surface area contributed by atoms with Crippen molar-refractivity contribution in [2.24, 2.45) is 5.92 Å². The molecule has 1 atom stereocenters. The van der Waals surface area contributed by atoms with Gasteiger partial charge in [-0.2, -0.15) is 13.2 Å². The number of pyridine rings is 2. The number of hydrogen-bond donors (Lipinski definition) is 3. The third-order valence-electron chi connectivity index (χ3n) is 4.97. The standard InChI is InChI=1S/C21H24F3N5O3S/c1-25-18-14(4-3-10-26-18)12-27-19-15(7-8-17(29-19)21(22,23)24)20(30)28-16(13-5-6-13)9-11-33(2,31)32/h3-4,7-11,13,16H,5-6,12H2,1-2H3,(H,25,26)(H,27,29)(H,28,30)/b11-9+/t16-/m1/s1. The Morgan fingerprint density at radius 3 is 2.58 bits per heavy atom. The molecule has 0 aromatic carbocycles. The molecule has 2 heterocycles. The molecule has 0 saturated heterocycles. The zero-order valence-corrected chi connectivity index (χ0v) is 18.8. The van der Waals surface area contributed by atoms with Gasteiger partial charge in [0.15, 0.2) is 9.84 Å². The Kier molecular flexibility index (Phi) is 7.25. The molecule has 2 aromatic rings. The lowest BCUT2D eigenvalue weighted by molar-refractivity contribution is -0.141. The highest BCUT2D eigenvalue weighted by molar-refractivity contribution is 7.93. The largest absolute Gasteiger partial charge is 0.433 e. The van der Waals surface area contributed by atoms with Gasteiger partial charge in [0.1, 0.15) is 17.3 Å². The second-order valence-electron chi connectivity index (χ2n) is 7.70. The van der Waals surface area contributed by atoms with E-state index in [2.05, 4.69) is 25.9 Å². The van der Waals surface area contributed by atoms with E-state index in [-0.39, 0.29) is 23.8 Å². The molecule has 0 radical (unpaired) electrons. The number of halogens is 3. The highest BCUT2D eigenvalue weighted by atomic mass is 32.2. The van der Waals surface area contributed by atoms with Crippen molar-refractivity contribution >= 4 is 27.4 Å². The first-order valence-electron chi connectivity index (χ1n) is 10.1. The average Bonchev–Trinajstić information content (AvgIpc) is 3.59. The molecule has 1 amide bonds. The molecule has 1 fully saturated rings. The molecule has 1 aliphatic rings. The van der Waals surface area contributed by atoms with Gasteiger partial charge in [0, 0.05) is 37.0 Å². The van der Waals surface area contributed by atoms with Gasteiger partial charge in [-0.25, -0.2) is 18.4 Å². The van der Waals surface area contributed by atoms with Crippen LogP contribution < -0.4 is 16.0 Å². The molecule has 2 aromatic heterocycles. The molecule has 0 aliphatic heterocycles. The zero-order chi connectivity index (χ0) is 24.2. The van der Waals surface area contributed by atoms with Crippen molar-refractivity contribution in [3.8, 4) is 0 Å². The number of carbonyl (C=O) groups is 1. The van der Waals surface area contributed by atoms with Crippen LogP contribution in [0.1, 0.15) is 34.5 Å². The monoisotopic (exact) mass is 483 g/mol. The van der Waals surface area contributed by atoms with Crippen molar-refractivity contribution in [1.29, 1.82) is 0 Å². The Balaban J connectivity index is 1.88. The van der Waals surface area contributed by atoms with E-state index >= 15 is 0 Å². The van der Waals surface area contributed by atoms with E-state index in [0.717, 1.165) is 36.6 Å². The molecule has 0 unspecified atom stereocenters. The van der Waals surface area contributed by atoms with Crippen LogP contribution in [0.2, 0.25) is 0 Å². The number of hydrogen-bond acceptors (Lipinski definition) is 7. The SMILES string of the molecule is CNc1ncccc1CNc1nc(C(F)(F)F)ccc1C(=O)N[C@H](/C=C/S(C)(=O)=O)C1CC1. The summed E-state index contributed by atoms with van der Waals surface area (Å²) in [5.74, 6) is -0.300. The Morgan fingerprint density at radius 1 is 1.24 bits per heavy atom. The topological polar surface area (TPSA) is 113 Å². The number of nitrogens with one attached hydrogen (secondary N) is 3. The third kappa shape index (κ3) is 6.91. The molecule has 178 valence electrons. The van der Waals surface area contributed by atoms with Gasteiger partial charge < -0.3 is 16.0 Å². The first-order chi connectivity index (χ1) is 15.5. The van der Waals surface area contributed by atoms with Gasteiger partial charge >= 0.3 is 6.18 Å². The fourth-order valence-corrected chi connectivity index (χ4v) is 3.61. The lowest BCUT2D eigenvalue weighted by Gasteiger charge is -2.18. The summed E-state index contributed by atoms with van der Waals surface area (Å²) in [6.07, 6.45) is 0.926. The van der Waals surface area contributed by atoms with E-state index in [9.17, 15) is 26.4 Å². The fraction of sp³-hybridized carbons (Fsp3) is 0.381.